The number of carbonyl (C=O) groups is 1. The summed E-state index contributed by atoms with van der Waals surface area (Å²) in [7, 11) is 0. The van der Waals surface area contributed by atoms with Crippen LogP contribution in [0.25, 0.3) is 10.9 Å². The van der Waals surface area contributed by atoms with Gasteiger partial charge in [-0.25, -0.2) is 0 Å². The number of nitrogens with zero attached hydrogens (tertiary/aromatic N) is 2. The number of ether oxygens (including phenoxy) is 2. The molecule has 7 nitrogen and oxygen atoms in total. The lowest BCUT2D eigenvalue weighted by molar-refractivity contribution is 0.102. The van der Waals surface area contributed by atoms with Crippen LogP contribution >= 0.6 is 0 Å². The SMILES string of the molecule is O=C(Nc1ccc2c(c1)OCO2)c1cncc(Nc2cccc3cccnc23)c1. The largest absolute Gasteiger partial charge is 0.454 e. The number of anilines is 3. The Bertz CT molecular complexity index is 1220. The molecule has 0 fully saturated rings. The number of rotatable bonds is 4. The highest BCUT2D eigenvalue weighted by Gasteiger charge is 2.15. The minimum absolute atomic E-state index is 0.188. The van der Waals surface area contributed by atoms with Crippen molar-refractivity contribution in [1.29, 1.82) is 0 Å². The summed E-state index contributed by atoms with van der Waals surface area (Å²) in [4.78, 5) is 21.3. The molecule has 0 aliphatic carbocycles. The number of hydrogen-bond donors (Lipinski definition) is 2. The zero-order chi connectivity index (χ0) is 19.6. The average molecular weight is 384 g/mol. The van der Waals surface area contributed by atoms with Gasteiger partial charge in [-0.15, -0.1) is 0 Å². The first kappa shape index (κ1) is 17.0. The van der Waals surface area contributed by atoms with Crippen molar-refractivity contribution in [2.24, 2.45) is 0 Å². The van der Waals surface area contributed by atoms with Crippen molar-refractivity contribution in [3.8, 4) is 11.5 Å². The topological polar surface area (TPSA) is 85.4 Å². The summed E-state index contributed by atoms with van der Waals surface area (Å²) >= 11 is 0. The summed E-state index contributed by atoms with van der Waals surface area (Å²) in [5, 5.41) is 7.18. The second-order valence-electron chi connectivity index (χ2n) is 6.49. The molecule has 0 radical (unpaired) electrons. The van der Waals surface area contributed by atoms with Crippen LogP contribution in [-0.2, 0) is 0 Å². The van der Waals surface area contributed by atoms with Crippen molar-refractivity contribution in [3.63, 3.8) is 0 Å². The monoisotopic (exact) mass is 384 g/mol. The normalized spacial score (nSPS) is 12.0. The van der Waals surface area contributed by atoms with Crippen molar-refractivity contribution < 1.29 is 14.3 Å². The van der Waals surface area contributed by atoms with Crippen LogP contribution in [0.15, 0.2) is 73.2 Å². The van der Waals surface area contributed by atoms with Crippen molar-refractivity contribution >= 4 is 33.9 Å². The summed E-state index contributed by atoms with van der Waals surface area (Å²) < 4.78 is 10.6. The van der Waals surface area contributed by atoms with Gasteiger partial charge in [0.25, 0.3) is 5.91 Å². The van der Waals surface area contributed by atoms with Crippen molar-refractivity contribution in [1.82, 2.24) is 9.97 Å². The van der Waals surface area contributed by atoms with Crippen LogP contribution in [-0.4, -0.2) is 22.7 Å². The second kappa shape index (κ2) is 7.12. The number of fused-ring (bicyclic) bond motifs is 2. The molecule has 1 aliphatic rings. The van der Waals surface area contributed by atoms with Gasteiger partial charge in [0.2, 0.25) is 6.79 Å². The maximum absolute atomic E-state index is 12.7. The maximum Gasteiger partial charge on any atom is 0.257 e. The lowest BCUT2D eigenvalue weighted by atomic mass is 10.2. The molecule has 1 aliphatic heterocycles. The summed E-state index contributed by atoms with van der Waals surface area (Å²) in [5.41, 5.74) is 3.45. The van der Waals surface area contributed by atoms with Crippen LogP contribution in [0.5, 0.6) is 11.5 Å². The summed E-state index contributed by atoms with van der Waals surface area (Å²) in [6.45, 7) is 0.188. The number of amides is 1. The fraction of sp³-hybridized carbons (Fsp3) is 0.0455. The van der Waals surface area contributed by atoms with Gasteiger partial charge < -0.3 is 20.1 Å². The van der Waals surface area contributed by atoms with Gasteiger partial charge in [0.05, 0.1) is 28.7 Å². The van der Waals surface area contributed by atoms with Crippen molar-refractivity contribution in [2.45, 2.75) is 0 Å². The predicted molar refractivity (Wildman–Crippen MR) is 110 cm³/mol. The Labute approximate surface area is 166 Å². The molecule has 29 heavy (non-hydrogen) atoms. The van der Waals surface area contributed by atoms with Crippen LogP contribution in [0.3, 0.4) is 0 Å². The van der Waals surface area contributed by atoms with E-state index < -0.39 is 0 Å². The van der Waals surface area contributed by atoms with Gasteiger partial charge in [-0.3, -0.25) is 14.8 Å². The highest BCUT2D eigenvalue weighted by molar-refractivity contribution is 6.05. The third kappa shape index (κ3) is 3.41. The Balaban J connectivity index is 1.37. The first-order chi connectivity index (χ1) is 14.3. The standard InChI is InChI=1S/C22H16N4O3/c27-22(26-16-6-7-19-20(10-16)29-13-28-19)15-9-17(12-23-11-15)25-18-5-1-3-14-4-2-8-24-21(14)18/h1-12,25H,13H2,(H,26,27). The minimum Gasteiger partial charge on any atom is -0.454 e. The van der Waals surface area contributed by atoms with E-state index in [1.54, 1.807) is 36.7 Å². The Morgan fingerprint density at radius 2 is 1.83 bits per heavy atom. The van der Waals surface area contributed by atoms with Crippen LogP contribution < -0.4 is 20.1 Å². The zero-order valence-electron chi connectivity index (χ0n) is 15.3. The van der Waals surface area contributed by atoms with E-state index in [4.69, 9.17) is 9.47 Å². The molecule has 2 N–H and O–H groups in total. The second-order valence-corrected chi connectivity index (χ2v) is 6.49. The van der Waals surface area contributed by atoms with Gasteiger partial charge >= 0.3 is 0 Å². The fourth-order valence-corrected chi connectivity index (χ4v) is 3.17. The number of benzene rings is 2. The van der Waals surface area contributed by atoms with Crippen LogP contribution in [0.4, 0.5) is 17.1 Å². The first-order valence-corrected chi connectivity index (χ1v) is 9.03. The molecule has 0 saturated heterocycles. The first-order valence-electron chi connectivity index (χ1n) is 9.03. The molecule has 2 aromatic heterocycles. The molecule has 0 saturated carbocycles. The third-order valence-electron chi connectivity index (χ3n) is 4.54. The molecule has 0 unspecified atom stereocenters. The van der Waals surface area contributed by atoms with Gasteiger partial charge in [-0.05, 0) is 30.3 Å². The number of carbonyl (C=O) groups excluding carboxylic acids is 1. The smallest absolute Gasteiger partial charge is 0.257 e. The zero-order valence-corrected chi connectivity index (χ0v) is 15.3. The van der Waals surface area contributed by atoms with Gasteiger partial charge in [0.1, 0.15) is 0 Å². The summed E-state index contributed by atoms with van der Waals surface area (Å²) in [5.74, 6) is 1.01. The number of para-hydroxylation sites is 1. The van der Waals surface area contributed by atoms with Crippen LogP contribution in [0.1, 0.15) is 10.4 Å². The molecule has 7 heteroatoms. The molecule has 5 rings (SSSR count). The highest BCUT2D eigenvalue weighted by Crippen LogP contribution is 2.34. The molecule has 2 aromatic carbocycles. The van der Waals surface area contributed by atoms with Crippen molar-refractivity contribution in [3.05, 3.63) is 78.8 Å². The van der Waals surface area contributed by atoms with E-state index in [9.17, 15) is 4.79 Å². The molecule has 0 bridgehead atoms. The summed E-state index contributed by atoms with van der Waals surface area (Å²) in [6.07, 6.45) is 4.94. The van der Waals surface area contributed by atoms with Crippen molar-refractivity contribution in [2.75, 3.05) is 17.4 Å². The van der Waals surface area contributed by atoms with E-state index in [1.807, 2.05) is 30.3 Å². The van der Waals surface area contributed by atoms with Gasteiger partial charge in [-0.2, -0.15) is 0 Å². The number of pyridine rings is 2. The summed E-state index contributed by atoms with van der Waals surface area (Å²) in [6, 6.07) is 16.8. The van der Waals surface area contributed by atoms with E-state index in [-0.39, 0.29) is 12.7 Å². The average Bonchev–Trinajstić information content (AvgIpc) is 3.22. The van der Waals surface area contributed by atoms with Gasteiger partial charge in [-0.1, -0.05) is 18.2 Å². The molecule has 1 amide bonds. The Hall–Kier alpha value is -4.13. The molecular formula is C22H16N4O3. The maximum atomic E-state index is 12.7. The van der Waals surface area contributed by atoms with Gasteiger partial charge in [0.15, 0.2) is 11.5 Å². The third-order valence-corrected chi connectivity index (χ3v) is 4.54. The van der Waals surface area contributed by atoms with E-state index in [0.717, 1.165) is 16.6 Å². The molecule has 0 atom stereocenters. The number of aromatic nitrogens is 2. The van der Waals surface area contributed by atoms with Crippen LogP contribution in [0, 0.1) is 0 Å². The molecule has 4 aromatic rings. The number of hydrogen-bond acceptors (Lipinski definition) is 6. The van der Waals surface area contributed by atoms with E-state index in [1.165, 1.54) is 6.20 Å². The Morgan fingerprint density at radius 3 is 2.79 bits per heavy atom. The minimum atomic E-state index is -0.268. The van der Waals surface area contributed by atoms with E-state index >= 15 is 0 Å². The Morgan fingerprint density at radius 1 is 0.931 bits per heavy atom. The highest BCUT2D eigenvalue weighted by atomic mass is 16.7. The quantitative estimate of drug-likeness (QED) is 0.544. The van der Waals surface area contributed by atoms with Gasteiger partial charge in [0, 0.05) is 29.5 Å². The Kier molecular flexibility index (Phi) is 4.18. The molecule has 142 valence electrons. The molecule has 3 heterocycles. The van der Waals surface area contributed by atoms with E-state index in [0.29, 0.717) is 28.4 Å². The lowest BCUT2D eigenvalue weighted by Crippen LogP contribution is -2.12. The molecule has 0 spiro atoms. The fourth-order valence-electron chi connectivity index (χ4n) is 3.17. The van der Waals surface area contributed by atoms with E-state index in [2.05, 4.69) is 20.6 Å². The predicted octanol–water partition coefficient (Wildman–Crippen LogP) is 4.35. The molecular weight excluding hydrogens is 368 g/mol. The van der Waals surface area contributed by atoms with Crippen LogP contribution in [0.2, 0.25) is 0 Å². The number of nitrogens with one attached hydrogen (secondary N) is 2. The lowest BCUT2D eigenvalue weighted by Gasteiger charge is -2.10.